The van der Waals surface area contributed by atoms with Crippen LogP contribution in [0.3, 0.4) is 0 Å². The number of nitrogens with zero attached hydrogens (tertiary/aromatic N) is 3. The molecule has 0 atom stereocenters. The maximum atomic E-state index is 12.6. The van der Waals surface area contributed by atoms with E-state index in [1.807, 2.05) is 11.8 Å². The Morgan fingerprint density at radius 2 is 1.97 bits per heavy atom. The van der Waals surface area contributed by atoms with Crippen LogP contribution in [0.4, 0.5) is 11.5 Å². The summed E-state index contributed by atoms with van der Waals surface area (Å²) in [5.41, 5.74) is 1.31. The van der Waals surface area contributed by atoms with Gasteiger partial charge in [0.2, 0.25) is 11.8 Å². The third kappa shape index (κ3) is 5.02. The lowest BCUT2D eigenvalue weighted by atomic mass is 9.96. The molecule has 3 aromatic heterocycles. The van der Waals surface area contributed by atoms with Gasteiger partial charge < -0.3 is 14.6 Å². The van der Waals surface area contributed by atoms with E-state index in [0.717, 1.165) is 23.5 Å². The van der Waals surface area contributed by atoms with Gasteiger partial charge in [-0.2, -0.15) is 0 Å². The molecule has 1 aliphatic rings. The molecular weight excluding hydrogens is 521 g/mol. The summed E-state index contributed by atoms with van der Waals surface area (Å²) in [6.07, 6.45) is 4.99. The minimum absolute atomic E-state index is 0.0102. The Morgan fingerprint density at radius 1 is 1.24 bits per heavy atom. The Hall–Kier alpha value is -2.34. The molecule has 1 fully saturated rings. The van der Waals surface area contributed by atoms with Crippen LogP contribution in [0, 0.1) is 5.92 Å². The van der Waals surface area contributed by atoms with Crippen LogP contribution in [0.15, 0.2) is 33.2 Å². The number of aromatic nitrogens is 2. The number of aryl methyl sites for hydroxylation is 1. The van der Waals surface area contributed by atoms with Gasteiger partial charge in [0.15, 0.2) is 0 Å². The van der Waals surface area contributed by atoms with Crippen molar-refractivity contribution in [3.05, 3.63) is 39.6 Å². The predicted octanol–water partition coefficient (Wildman–Crippen LogP) is 4.43. The second-order valence-electron chi connectivity index (χ2n) is 7.71. The molecule has 4 rings (SSSR count). The molecule has 0 unspecified atom stereocenters. The zero-order valence-electron chi connectivity index (χ0n) is 18.5. The van der Waals surface area contributed by atoms with Gasteiger partial charge in [0.05, 0.1) is 21.8 Å². The van der Waals surface area contributed by atoms with Crippen LogP contribution in [0.25, 0.3) is 11.5 Å². The van der Waals surface area contributed by atoms with Crippen molar-refractivity contribution in [3.8, 4) is 11.5 Å². The lowest BCUT2D eigenvalue weighted by molar-refractivity contribution is -0.123. The van der Waals surface area contributed by atoms with Gasteiger partial charge in [0.25, 0.3) is 10.0 Å². The molecular formula is C21H23Cl2N5O4S2. The lowest BCUT2D eigenvalue weighted by Crippen LogP contribution is -2.42. The third-order valence-corrected chi connectivity index (χ3v) is 9.02. The summed E-state index contributed by atoms with van der Waals surface area (Å²) >= 11 is 13.4. The Labute approximate surface area is 211 Å². The van der Waals surface area contributed by atoms with E-state index in [1.54, 1.807) is 19.4 Å². The molecule has 34 heavy (non-hydrogen) atoms. The number of nitrogens with one attached hydrogen (secondary N) is 2. The first-order chi connectivity index (χ1) is 16.2. The minimum atomic E-state index is -3.94. The van der Waals surface area contributed by atoms with Crippen LogP contribution in [-0.4, -0.2) is 44.4 Å². The first-order valence-corrected chi connectivity index (χ1v) is 13.7. The van der Waals surface area contributed by atoms with Crippen LogP contribution in [0.1, 0.15) is 25.5 Å². The Balaban J connectivity index is 1.45. The van der Waals surface area contributed by atoms with Gasteiger partial charge in [-0.25, -0.2) is 23.1 Å². The van der Waals surface area contributed by atoms with Crippen molar-refractivity contribution in [1.29, 1.82) is 0 Å². The average Bonchev–Trinajstić information content (AvgIpc) is 3.48. The molecule has 2 N–H and O–H groups in total. The molecule has 4 heterocycles. The molecule has 1 amide bonds. The third-order valence-electron chi connectivity index (χ3n) is 5.60. The molecule has 9 nitrogen and oxygen atoms in total. The maximum absolute atomic E-state index is 12.6. The van der Waals surface area contributed by atoms with E-state index in [2.05, 4.69) is 20.0 Å². The van der Waals surface area contributed by atoms with Crippen LogP contribution >= 0.6 is 34.5 Å². The van der Waals surface area contributed by atoms with Crippen molar-refractivity contribution in [1.82, 2.24) is 14.7 Å². The van der Waals surface area contributed by atoms with Crippen LogP contribution in [0.2, 0.25) is 9.36 Å². The molecule has 1 saturated heterocycles. The Kier molecular flexibility index (Phi) is 7.36. The highest BCUT2D eigenvalue weighted by atomic mass is 35.5. The van der Waals surface area contributed by atoms with Gasteiger partial charge in [0.1, 0.15) is 20.8 Å². The Morgan fingerprint density at radius 3 is 2.56 bits per heavy atom. The fraction of sp³-hybridized carbons (Fsp3) is 0.381. The monoisotopic (exact) mass is 543 g/mol. The number of halogens is 2. The number of thiophene rings is 1. The van der Waals surface area contributed by atoms with E-state index >= 15 is 0 Å². The van der Waals surface area contributed by atoms with Crippen molar-refractivity contribution < 1.29 is 17.6 Å². The number of oxazole rings is 1. The first kappa shape index (κ1) is 24.8. The van der Waals surface area contributed by atoms with Gasteiger partial charge in [-0.3, -0.25) is 4.79 Å². The minimum Gasteiger partial charge on any atom is -0.441 e. The van der Waals surface area contributed by atoms with Gasteiger partial charge >= 0.3 is 0 Å². The predicted molar refractivity (Wildman–Crippen MR) is 133 cm³/mol. The van der Waals surface area contributed by atoms with Gasteiger partial charge in [-0.15, -0.1) is 11.3 Å². The number of hydrogen-bond acceptors (Lipinski definition) is 9. The SMILES string of the molecule is CCc1cnc(-c2cnc(N3CCC(C(=O)NS(=O)(=O)c4ccc(Cl)s4)CC3)c(Cl)c2NC)o1. The number of sulfonamides is 1. The average molecular weight is 544 g/mol. The summed E-state index contributed by atoms with van der Waals surface area (Å²) in [6.45, 7) is 2.98. The molecule has 0 aromatic carbocycles. The van der Waals surface area contributed by atoms with E-state index in [1.165, 1.54) is 12.1 Å². The summed E-state index contributed by atoms with van der Waals surface area (Å²) in [7, 11) is -2.18. The largest absolute Gasteiger partial charge is 0.441 e. The standard InChI is InChI=1S/C21H23Cl2N5O4S2/c1-3-13-10-26-21(32-13)14-11-25-19(17(23)18(14)24-2)28-8-6-12(7-9-28)20(29)27-34(30,31)16-5-4-15(22)33-16/h4-5,10-12H,3,6-9H2,1-2H3,(H,24,25)(H,27,29). The normalized spacial score (nSPS) is 14.9. The van der Waals surface area contributed by atoms with Gasteiger partial charge in [0, 0.05) is 38.7 Å². The number of carbonyl (C=O) groups is 1. The highest BCUT2D eigenvalue weighted by Crippen LogP contribution is 2.39. The van der Waals surface area contributed by atoms with E-state index in [-0.39, 0.29) is 4.21 Å². The molecule has 0 saturated carbocycles. The zero-order chi connectivity index (χ0) is 24.5. The molecule has 0 bridgehead atoms. The summed E-state index contributed by atoms with van der Waals surface area (Å²) in [4.78, 5) is 23.5. The highest BCUT2D eigenvalue weighted by molar-refractivity contribution is 7.92. The summed E-state index contributed by atoms with van der Waals surface area (Å²) in [5, 5.41) is 3.53. The number of anilines is 2. The number of hydrogen-bond donors (Lipinski definition) is 2. The van der Waals surface area contributed by atoms with E-state index in [0.29, 0.717) is 58.2 Å². The van der Waals surface area contributed by atoms with Crippen molar-refractivity contribution in [2.75, 3.05) is 30.4 Å². The molecule has 0 aliphatic carbocycles. The highest BCUT2D eigenvalue weighted by Gasteiger charge is 2.31. The van der Waals surface area contributed by atoms with Crippen LogP contribution in [-0.2, 0) is 21.2 Å². The fourth-order valence-corrected chi connectivity index (χ4v) is 6.65. The quantitative estimate of drug-likeness (QED) is 0.449. The van der Waals surface area contributed by atoms with E-state index in [4.69, 9.17) is 27.6 Å². The van der Waals surface area contributed by atoms with Crippen molar-refractivity contribution >= 4 is 62.0 Å². The van der Waals surface area contributed by atoms with Crippen molar-refractivity contribution in [2.24, 2.45) is 5.92 Å². The lowest BCUT2D eigenvalue weighted by Gasteiger charge is -2.33. The second kappa shape index (κ2) is 10.1. The molecule has 13 heteroatoms. The molecule has 0 spiro atoms. The van der Waals surface area contributed by atoms with Crippen LogP contribution < -0.4 is 14.9 Å². The summed E-state index contributed by atoms with van der Waals surface area (Å²) in [6, 6.07) is 2.86. The number of carbonyl (C=O) groups excluding carboxylic acids is 1. The molecule has 1 aliphatic heterocycles. The molecule has 0 radical (unpaired) electrons. The molecule has 3 aromatic rings. The number of pyridine rings is 1. The number of amides is 1. The zero-order valence-corrected chi connectivity index (χ0v) is 21.6. The maximum Gasteiger partial charge on any atom is 0.273 e. The summed E-state index contributed by atoms with van der Waals surface area (Å²) < 4.78 is 33.1. The number of rotatable bonds is 7. The Bertz CT molecular complexity index is 1300. The topological polar surface area (TPSA) is 117 Å². The summed E-state index contributed by atoms with van der Waals surface area (Å²) in [5.74, 6) is 0.817. The van der Waals surface area contributed by atoms with Crippen molar-refractivity contribution in [3.63, 3.8) is 0 Å². The van der Waals surface area contributed by atoms with E-state index < -0.39 is 21.8 Å². The molecule has 182 valence electrons. The van der Waals surface area contributed by atoms with Gasteiger partial charge in [-0.1, -0.05) is 30.1 Å². The second-order valence-corrected chi connectivity index (χ2v) is 11.7. The van der Waals surface area contributed by atoms with Crippen molar-refractivity contribution in [2.45, 2.75) is 30.4 Å². The van der Waals surface area contributed by atoms with Gasteiger partial charge in [-0.05, 0) is 25.0 Å². The van der Waals surface area contributed by atoms with Crippen LogP contribution in [0.5, 0.6) is 0 Å². The number of piperidine rings is 1. The first-order valence-electron chi connectivity index (χ1n) is 10.6. The smallest absolute Gasteiger partial charge is 0.273 e. The van der Waals surface area contributed by atoms with E-state index in [9.17, 15) is 13.2 Å². The fourth-order valence-electron chi connectivity index (χ4n) is 3.76.